The number of hydrogen-bond acceptors (Lipinski definition) is 3. The normalized spacial score (nSPS) is 23.3. The summed E-state index contributed by atoms with van der Waals surface area (Å²) >= 11 is 6.03. The summed E-state index contributed by atoms with van der Waals surface area (Å²) in [5.74, 6) is -0.846. The van der Waals surface area contributed by atoms with Crippen LogP contribution in [0.3, 0.4) is 0 Å². The van der Waals surface area contributed by atoms with Crippen LogP contribution in [0.1, 0.15) is 5.56 Å². The number of benzene rings is 1. The van der Waals surface area contributed by atoms with Gasteiger partial charge in [-0.2, -0.15) is 0 Å². The van der Waals surface area contributed by atoms with Gasteiger partial charge < -0.3 is 4.74 Å². The van der Waals surface area contributed by atoms with E-state index in [-0.39, 0.29) is 17.3 Å². The Morgan fingerprint density at radius 2 is 2.00 bits per heavy atom. The number of halogens is 1. The number of rotatable bonds is 1. The summed E-state index contributed by atoms with van der Waals surface area (Å²) in [5.41, 5.74) is 0.687. The SMILES string of the molecule is O=C1C=CC=C2O/C(=C\c3ccccc3Cl)C(=O)C12. The van der Waals surface area contributed by atoms with E-state index in [2.05, 4.69) is 0 Å². The maximum atomic E-state index is 12.1. The topological polar surface area (TPSA) is 43.4 Å². The maximum Gasteiger partial charge on any atom is 0.216 e. The highest BCUT2D eigenvalue weighted by atomic mass is 35.5. The van der Waals surface area contributed by atoms with E-state index in [0.717, 1.165) is 0 Å². The lowest BCUT2D eigenvalue weighted by molar-refractivity contribution is -0.125. The molecule has 2 aliphatic rings. The van der Waals surface area contributed by atoms with Crippen LogP contribution in [-0.4, -0.2) is 11.6 Å². The Labute approximate surface area is 114 Å². The van der Waals surface area contributed by atoms with Gasteiger partial charge in [0.25, 0.3) is 0 Å². The van der Waals surface area contributed by atoms with Crippen LogP contribution in [0.4, 0.5) is 0 Å². The Kier molecular flexibility index (Phi) is 2.84. The molecular weight excluding hydrogens is 264 g/mol. The van der Waals surface area contributed by atoms with Crippen molar-refractivity contribution in [2.45, 2.75) is 0 Å². The lowest BCUT2D eigenvalue weighted by Gasteiger charge is -2.05. The summed E-state index contributed by atoms with van der Waals surface area (Å²) in [6.45, 7) is 0. The summed E-state index contributed by atoms with van der Waals surface area (Å²) in [4.78, 5) is 23.8. The Hall–Kier alpha value is -2.13. The van der Waals surface area contributed by atoms with Crippen molar-refractivity contribution in [1.29, 1.82) is 0 Å². The minimum absolute atomic E-state index is 0.154. The maximum absolute atomic E-state index is 12.1. The van der Waals surface area contributed by atoms with Gasteiger partial charge in [-0.15, -0.1) is 0 Å². The molecule has 1 aliphatic carbocycles. The third kappa shape index (κ3) is 2.02. The van der Waals surface area contributed by atoms with Crippen molar-refractivity contribution in [1.82, 2.24) is 0 Å². The lowest BCUT2D eigenvalue weighted by Crippen LogP contribution is -2.20. The standard InChI is InChI=1S/C15H9ClO3/c16-10-5-2-1-4-9(10)8-13-15(18)14-11(17)6-3-7-12(14)19-13/h1-8,14H/b13-8-. The molecule has 1 unspecified atom stereocenters. The molecule has 4 heteroatoms. The second-order valence-corrected chi connectivity index (χ2v) is 4.67. The van der Waals surface area contributed by atoms with Crippen molar-refractivity contribution < 1.29 is 14.3 Å². The number of ketones is 2. The molecule has 0 amide bonds. The second kappa shape index (κ2) is 4.52. The summed E-state index contributed by atoms with van der Waals surface area (Å²) in [5, 5.41) is 0.528. The van der Waals surface area contributed by atoms with E-state index in [1.807, 2.05) is 6.07 Å². The van der Waals surface area contributed by atoms with Crippen LogP contribution in [0.2, 0.25) is 5.02 Å². The highest BCUT2D eigenvalue weighted by Gasteiger charge is 2.41. The van der Waals surface area contributed by atoms with Crippen LogP contribution >= 0.6 is 11.6 Å². The lowest BCUT2D eigenvalue weighted by atomic mass is 9.94. The molecule has 0 saturated carbocycles. The van der Waals surface area contributed by atoms with Crippen molar-refractivity contribution in [3.8, 4) is 0 Å². The van der Waals surface area contributed by atoms with Crippen molar-refractivity contribution in [2.24, 2.45) is 5.92 Å². The molecule has 1 atom stereocenters. The van der Waals surface area contributed by atoms with E-state index in [1.54, 1.807) is 36.4 Å². The first kappa shape index (κ1) is 11.9. The van der Waals surface area contributed by atoms with Gasteiger partial charge in [0.05, 0.1) is 0 Å². The molecule has 1 aliphatic heterocycles. The van der Waals surface area contributed by atoms with E-state index < -0.39 is 5.92 Å². The van der Waals surface area contributed by atoms with Crippen LogP contribution < -0.4 is 0 Å². The zero-order chi connectivity index (χ0) is 13.4. The molecule has 94 valence electrons. The van der Waals surface area contributed by atoms with Crippen molar-refractivity contribution in [3.05, 3.63) is 64.6 Å². The quantitative estimate of drug-likeness (QED) is 0.583. The van der Waals surface area contributed by atoms with Gasteiger partial charge >= 0.3 is 0 Å². The molecule has 1 aromatic carbocycles. The highest BCUT2D eigenvalue weighted by molar-refractivity contribution is 6.32. The Morgan fingerprint density at radius 1 is 1.21 bits per heavy atom. The van der Waals surface area contributed by atoms with Gasteiger partial charge in [-0.25, -0.2) is 0 Å². The predicted octanol–water partition coefficient (Wildman–Crippen LogP) is 2.92. The Balaban J connectivity index is 1.99. The number of carbonyl (C=O) groups is 2. The minimum atomic E-state index is -0.821. The van der Waals surface area contributed by atoms with E-state index in [4.69, 9.17) is 16.3 Å². The highest BCUT2D eigenvalue weighted by Crippen LogP contribution is 2.34. The minimum Gasteiger partial charge on any atom is -0.457 e. The monoisotopic (exact) mass is 272 g/mol. The number of hydrogen-bond donors (Lipinski definition) is 0. The summed E-state index contributed by atoms with van der Waals surface area (Å²) in [7, 11) is 0. The van der Waals surface area contributed by atoms with E-state index >= 15 is 0 Å². The second-order valence-electron chi connectivity index (χ2n) is 4.26. The van der Waals surface area contributed by atoms with Gasteiger partial charge in [-0.1, -0.05) is 35.9 Å². The van der Waals surface area contributed by atoms with Crippen LogP contribution in [0.15, 0.2) is 54.0 Å². The fraction of sp³-hybridized carbons (Fsp3) is 0.0667. The smallest absolute Gasteiger partial charge is 0.216 e. The number of allylic oxidation sites excluding steroid dienone is 5. The summed E-state index contributed by atoms with van der Waals surface area (Å²) in [6, 6.07) is 7.13. The first-order valence-corrected chi connectivity index (χ1v) is 6.15. The predicted molar refractivity (Wildman–Crippen MR) is 71.2 cm³/mol. The van der Waals surface area contributed by atoms with Crippen molar-refractivity contribution in [3.63, 3.8) is 0 Å². The Morgan fingerprint density at radius 3 is 2.74 bits per heavy atom. The molecule has 1 aromatic rings. The van der Waals surface area contributed by atoms with Crippen LogP contribution in [0.25, 0.3) is 6.08 Å². The van der Waals surface area contributed by atoms with Gasteiger partial charge in [-0.3, -0.25) is 9.59 Å². The van der Waals surface area contributed by atoms with Crippen LogP contribution in [-0.2, 0) is 14.3 Å². The van der Waals surface area contributed by atoms with Crippen LogP contribution in [0.5, 0.6) is 0 Å². The molecular formula is C15H9ClO3. The average molecular weight is 273 g/mol. The fourth-order valence-electron chi connectivity index (χ4n) is 2.08. The molecule has 1 saturated heterocycles. The third-order valence-electron chi connectivity index (χ3n) is 3.01. The molecule has 3 rings (SSSR count). The van der Waals surface area contributed by atoms with Gasteiger partial charge in [0, 0.05) is 5.02 Å². The molecule has 0 N–H and O–H groups in total. The third-order valence-corrected chi connectivity index (χ3v) is 3.36. The van der Waals surface area contributed by atoms with Crippen molar-refractivity contribution in [2.75, 3.05) is 0 Å². The van der Waals surface area contributed by atoms with Gasteiger partial charge in [-0.05, 0) is 29.9 Å². The zero-order valence-corrected chi connectivity index (χ0v) is 10.6. The fourth-order valence-corrected chi connectivity index (χ4v) is 2.27. The molecule has 0 radical (unpaired) electrons. The molecule has 1 fully saturated rings. The molecule has 0 spiro atoms. The average Bonchev–Trinajstić information content (AvgIpc) is 2.71. The first-order chi connectivity index (χ1) is 9.16. The number of Topliss-reactive ketones (excluding diaryl/α,β-unsaturated/α-hetero) is 1. The van der Waals surface area contributed by atoms with Crippen LogP contribution in [0, 0.1) is 5.92 Å². The number of carbonyl (C=O) groups excluding carboxylic acids is 2. The Bertz CT molecular complexity index is 668. The zero-order valence-electron chi connectivity index (χ0n) is 9.80. The molecule has 1 heterocycles. The molecule has 3 nitrogen and oxygen atoms in total. The largest absolute Gasteiger partial charge is 0.457 e. The summed E-state index contributed by atoms with van der Waals surface area (Å²) in [6.07, 6.45) is 6.17. The van der Waals surface area contributed by atoms with E-state index in [1.165, 1.54) is 6.08 Å². The van der Waals surface area contributed by atoms with Gasteiger partial charge in [0.15, 0.2) is 11.5 Å². The first-order valence-electron chi connectivity index (χ1n) is 5.77. The molecule has 19 heavy (non-hydrogen) atoms. The van der Waals surface area contributed by atoms with Crippen molar-refractivity contribution >= 4 is 29.2 Å². The number of fused-ring (bicyclic) bond motifs is 1. The van der Waals surface area contributed by atoms with Gasteiger partial charge in [0.2, 0.25) is 5.78 Å². The number of ether oxygens (including phenoxy) is 1. The summed E-state index contributed by atoms with van der Waals surface area (Å²) < 4.78 is 5.45. The van der Waals surface area contributed by atoms with Gasteiger partial charge in [0.1, 0.15) is 11.7 Å². The molecule has 0 aromatic heterocycles. The van der Waals surface area contributed by atoms with E-state index in [0.29, 0.717) is 16.3 Å². The van der Waals surface area contributed by atoms with E-state index in [9.17, 15) is 9.59 Å². The molecule has 0 bridgehead atoms.